The zero-order valence-corrected chi connectivity index (χ0v) is 9.98. The van der Waals surface area contributed by atoms with E-state index < -0.39 is 5.97 Å². The molecule has 0 radical (unpaired) electrons. The van der Waals surface area contributed by atoms with Gasteiger partial charge in [0.05, 0.1) is 0 Å². The first-order valence-electron chi connectivity index (χ1n) is 6.32. The number of aliphatic carboxylic acids is 1. The van der Waals surface area contributed by atoms with Crippen LogP contribution in [-0.2, 0) is 4.79 Å². The highest BCUT2D eigenvalue weighted by molar-refractivity contribution is 5.73. The van der Waals surface area contributed by atoms with Crippen LogP contribution >= 0.6 is 0 Å². The van der Waals surface area contributed by atoms with Gasteiger partial charge in [0.15, 0.2) is 0 Å². The fraction of sp³-hybridized carbons (Fsp3) is 0.500. The fourth-order valence-electron chi connectivity index (χ4n) is 2.60. The van der Waals surface area contributed by atoms with Gasteiger partial charge < -0.3 is 10.4 Å². The number of carboxylic acid groups (broad SMARTS) is 1. The first-order chi connectivity index (χ1) is 8.27. The predicted octanol–water partition coefficient (Wildman–Crippen LogP) is 3.23. The van der Waals surface area contributed by atoms with Crippen molar-refractivity contribution in [2.24, 2.45) is 0 Å². The third-order valence-electron chi connectivity index (χ3n) is 3.44. The number of benzene rings is 1. The smallest absolute Gasteiger partial charge is 0.322 e. The average molecular weight is 233 g/mol. The highest BCUT2D eigenvalue weighted by Gasteiger charge is 2.18. The highest BCUT2D eigenvalue weighted by Crippen LogP contribution is 2.36. The Morgan fingerprint density at radius 3 is 2.65 bits per heavy atom. The second-order valence-electron chi connectivity index (χ2n) is 4.67. The van der Waals surface area contributed by atoms with E-state index in [-0.39, 0.29) is 6.54 Å². The van der Waals surface area contributed by atoms with Crippen LogP contribution in [0.15, 0.2) is 24.3 Å². The van der Waals surface area contributed by atoms with Crippen LogP contribution in [0.4, 0.5) is 5.69 Å². The Kier molecular flexibility index (Phi) is 4.02. The fourth-order valence-corrected chi connectivity index (χ4v) is 2.60. The lowest BCUT2D eigenvalue weighted by atomic mass is 9.83. The molecule has 0 atom stereocenters. The summed E-state index contributed by atoms with van der Waals surface area (Å²) in [6, 6.07) is 8.10. The van der Waals surface area contributed by atoms with E-state index in [0.717, 1.165) is 5.69 Å². The monoisotopic (exact) mass is 233 g/mol. The van der Waals surface area contributed by atoms with Crippen molar-refractivity contribution in [1.29, 1.82) is 0 Å². The van der Waals surface area contributed by atoms with Gasteiger partial charge in [0, 0.05) is 5.69 Å². The number of anilines is 1. The van der Waals surface area contributed by atoms with E-state index in [9.17, 15) is 4.79 Å². The molecule has 2 rings (SSSR count). The van der Waals surface area contributed by atoms with E-state index in [0.29, 0.717) is 5.92 Å². The number of carbonyl (C=O) groups is 1. The van der Waals surface area contributed by atoms with Gasteiger partial charge in [-0.25, -0.2) is 0 Å². The van der Waals surface area contributed by atoms with Crippen LogP contribution in [0.1, 0.15) is 43.6 Å². The molecule has 17 heavy (non-hydrogen) atoms. The average Bonchev–Trinajstić information content (AvgIpc) is 2.38. The van der Waals surface area contributed by atoms with Crippen LogP contribution in [0.25, 0.3) is 0 Å². The molecule has 0 amide bonds. The quantitative estimate of drug-likeness (QED) is 0.839. The van der Waals surface area contributed by atoms with Gasteiger partial charge in [-0.3, -0.25) is 4.79 Å². The van der Waals surface area contributed by atoms with Crippen LogP contribution in [-0.4, -0.2) is 17.6 Å². The Bertz CT molecular complexity index is 384. The molecule has 0 spiro atoms. The minimum Gasteiger partial charge on any atom is -0.480 e. The Morgan fingerprint density at radius 2 is 1.94 bits per heavy atom. The number of rotatable bonds is 4. The van der Waals surface area contributed by atoms with Gasteiger partial charge in [-0.2, -0.15) is 0 Å². The summed E-state index contributed by atoms with van der Waals surface area (Å²) in [6.45, 7) is -0.0102. The van der Waals surface area contributed by atoms with Gasteiger partial charge in [0.2, 0.25) is 0 Å². The van der Waals surface area contributed by atoms with Crippen molar-refractivity contribution >= 4 is 11.7 Å². The summed E-state index contributed by atoms with van der Waals surface area (Å²) in [5, 5.41) is 11.7. The maximum atomic E-state index is 10.6. The van der Waals surface area contributed by atoms with Gasteiger partial charge >= 0.3 is 5.97 Å². The predicted molar refractivity (Wildman–Crippen MR) is 68.4 cm³/mol. The third kappa shape index (κ3) is 3.22. The molecule has 0 aliphatic heterocycles. The molecule has 1 aromatic rings. The van der Waals surface area contributed by atoms with Gasteiger partial charge in [-0.1, -0.05) is 37.5 Å². The Morgan fingerprint density at radius 1 is 1.24 bits per heavy atom. The maximum absolute atomic E-state index is 10.6. The molecule has 1 saturated carbocycles. The van der Waals surface area contributed by atoms with Gasteiger partial charge in [-0.05, 0) is 30.4 Å². The minimum absolute atomic E-state index is 0.0102. The molecule has 0 bridgehead atoms. The first-order valence-corrected chi connectivity index (χ1v) is 6.32. The van der Waals surface area contributed by atoms with E-state index in [1.165, 1.54) is 37.7 Å². The topological polar surface area (TPSA) is 49.3 Å². The van der Waals surface area contributed by atoms with Crippen molar-refractivity contribution in [3.05, 3.63) is 29.8 Å². The standard InChI is InChI=1S/C14H19NO2/c16-14(17)10-15-13-9-5-4-8-12(13)11-6-2-1-3-7-11/h4-5,8-9,11,15H,1-3,6-7,10H2,(H,16,17). The summed E-state index contributed by atoms with van der Waals surface area (Å²) in [5.74, 6) is -0.218. The van der Waals surface area contributed by atoms with Crippen molar-refractivity contribution in [3.8, 4) is 0 Å². The molecule has 1 fully saturated rings. The van der Waals surface area contributed by atoms with Gasteiger partial charge in [0.25, 0.3) is 0 Å². The molecule has 0 aromatic heterocycles. The van der Waals surface area contributed by atoms with Crippen LogP contribution in [0.5, 0.6) is 0 Å². The van der Waals surface area contributed by atoms with Gasteiger partial charge in [0.1, 0.15) is 6.54 Å². The van der Waals surface area contributed by atoms with E-state index in [2.05, 4.69) is 11.4 Å². The van der Waals surface area contributed by atoms with Crippen LogP contribution in [0.2, 0.25) is 0 Å². The molecule has 92 valence electrons. The molecule has 2 N–H and O–H groups in total. The van der Waals surface area contributed by atoms with Crippen molar-refractivity contribution in [1.82, 2.24) is 0 Å². The van der Waals surface area contributed by atoms with Crippen LogP contribution in [0, 0.1) is 0 Å². The third-order valence-corrected chi connectivity index (χ3v) is 3.44. The van der Waals surface area contributed by atoms with Crippen LogP contribution < -0.4 is 5.32 Å². The summed E-state index contributed by atoms with van der Waals surface area (Å²) in [5.41, 5.74) is 2.27. The molecule has 3 heteroatoms. The summed E-state index contributed by atoms with van der Waals surface area (Å²) >= 11 is 0. The number of hydrogen-bond acceptors (Lipinski definition) is 2. The first kappa shape index (κ1) is 12.0. The number of hydrogen-bond donors (Lipinski definition) is 2. The van der Waals surface area contributed by atoms with Crippen molar-refractivity contribution in [2.45, 2.75) is 38.0 Å². The minimum atomic E-state index is -0.816. The lowest BCUT2D eigenvalue weighted by Crippen LogP contribution is -2.15. The molecule has 3 nitrogen and oxygen atoms in total. The molecule has 1 aromatic carbocycles. The Hall–Kier alpha value is -1.51. The second kappa shape index (κ2) is 5.71. The normalized spacial score (nSPS) is 16.7. The zero-order valence-electron chi connectivity index (χ0n) is 9.98. The maximum Gasteiger partial charge on any atom is 0.322 e. The second-order valence-corrected chi connectivity index (χ2v) is 4.67. The molecule has 0 unspecified atom stereocenters. The molecule has 0 heterocycles. The van der Waals surface area contributed by atoms with E-state index in [1.54, 1.807) is 0 Å². The molecular weight excluding hydrogens is 214 g/mol. The van der Waals surface area contributed by atoms with E-state index in [4.69, 9.17) is 5.11 Å². The SMILES string of the molecule is O=C(O)CNc1ccccc1C1CCCCC1. The summed E-state index contributed by atoms with van der Waals surface area (Å²) in [4.78, 5) is 10.6. The van der Waals surface area contributed by atoms with Crippen molar-refractivity contribution < 1.29 is 9.90 Å². The number of nitrogens with one attached hydrogen (secondary N) is 1. The Balaban J connectivity index is 2.11. The number of para-hydroxylation sites is 1. The highest BCUT2D eigenvalue weighted by atomic mass is 16.4. The lowest BCUT2D eigenvalue weighted by molar-refractivity contribution is -0.134. The molecule has 0 saturated heterocycles. The van der Waals surface area contributed by atoms with E-state index >= 15 is 0 Å². The van der Waals surface area contributed by atoms with Crippen molar-refractivity contribution in [2.75, 3.05) is 11.9 Å². The number of carboxylic acids is 1. The molecule has 1 aliphatic rings. The summed E-state index contributed by atoms with van der Waals surface area (Å²) < 4.78 is 0. The molecular formula is C14H19NO2. The summed E-state index contributed by atoms with van der Waals surface area (Å²) in [6.07, 6.45) is 6.37. The zero-order chi connectivity index (χ0) is 12.1. The van der Waals surface area contributed by atoms with E-state index in [1.807, 2.05) is 18.2 Å². The van der Waals surface area contributed by atoms with Crippen LogP contribution in [0.3, 0.4) is 0 Å². The van der Waals surface area contributed by atoms with Crippen molar-refractivity contribution in [3.63, 3.8) is 0 Å². The molecule has 1 aliphatic carbocycles. The largest absolute Gasteiger partial charge is 0.480 e. The summed E-state index contributed by atoms with van der Waals surface area (Å²) in [7, 11) is 0. The lowest BCUT2D eigenvalue weighted by Gasteiger charge is -2.24. The van der Waals surface area contributed by atoms with Gasteiger partial charge in [-0.15, -0.1) is 0 Å². The Labute approximate surface area is 102 Å².